The fraction of sp³-hybridized carbons (Fsp3) is 0.583. The Morgan fingerprint density at radius 3 is 2.26 bits per heavy atom. The van der Waals surface area contributed by atoms with Crippen LogP contribution in [0.15, 0.2) is 18.3 Å². The van der Waals surface area contributed by atoms with Crippen LogP contribution < -0.4 is 10.5 Å². The largest absolute Gasteiger partial charge is 0.489 e. The number of hydrogen-bond acceptors (Lipinski definition) is 3. The lowest BCUT2D eigenvalue weighted by molar-refractivity contribution is -0.141. The number of rotatable bonds is 2. The summed E-state index contributed by atoms with van der Waals surface area (Å²) >= 11 is 0. The first-order chi connectivity index (χ1) is 8.45. The molecular formula is C12H16ClF3N2O. The summed E-state index contributed by atoms with van der Waals surface area (Å²) < 4.78 is 42.5. The highest BCUT2D eigenvalue weighted by atomic mass is 35.5. The van der Waals surface area contributed by atoms with Crippen LogP contribution in [-0.4, -0.2) is 17.1 Å². The van der Waals surface area contributed by atoms with Crippen molar-refractivity contribution in [1.29, 1.82) is 0 Å². The molecule has 0 bridgehead atoms. The number of ether oxygens (including phenoxy) is 1. The second kappa shape index (κ2) is 6.43. The van der Waals surface area contributed by atoms with Crippen molar-refractivity contribution in [1.82, 2.24) is 4.98 Å². The molecule has 0 aliphatic heterocycles. The highest BCUT2D eigenvalue weighted by Crippen LogP contribution is 2.29. The summed E-state index contributed by atoms with van der Waals surface area (Å²) in [4.78, 5) is 3.36. The van der Waals surface area contributed by atoms with Crippen LogP contribution in [-0.2, 0) is 6.18 Å². The third-order valence-electron chi connectivity index (χ3n) is 3.05. The van der Waals surface area contributed by atoms with E-state index in [1.807, 2.05) is 0 Å². The molecule has 1 saturated carbocycles. The van der Waals surface area contributed by atoms with Crippen molar-refractivity contribution in [2.45, 2.75) is 44.0 Å². The Bertz CT molecular complexity index is 389. The zero-order chi connectivity index (χ0) is 13.2. The van der Waals surface area contributed by atoms with Crippen LogP contribution in [0.4, 0.5) is 13.2 Å². The Morgan fingerprint density at radius 1 is 1.16 bits per heavy atom. The maximum atomic E-state index is 12.3. The molecule has 19 heavy (non-hydrogen) atoms. The number of pyridine rings is 1. The lowest BCUT2D eigenvalue weighted by Gasteiger charge is -2.26. The molecule has 3 nitrogen and oxygen atoms in total. The molecule has 1 heterocycles. The molecule has 0 amide bonds. The molecule has 108 valence electrons. The van der Waals surface area contributed by atoms with Gasteiger partial charge in [0.05, 0.1) is 12.3 Å². The quantitative estimate of drug-likeness (QED) is 0.912. The molecule has 1 aromatic rings. The predicted octanol–water partition coefficient (Wildman–Crippen LogP) is 3.17. The highest BCUT2D eigenvalue weighted by Gasteiger charge is 2.32. The summed E-state index contributed by atoms with van der Waals surface area (Å²) in [6, 6.07) is 2.46. The van der Waals surface area contributed by atoms with Gasteiger partial charge in [0.15, 0.2) is 0 Å². The van der Waals surface area contributed by atoms with Gasteiger partial charge >= 0.3 is 6.18 Å². The zero-order valence-corrected chi connectivity index (χ0v) is 11.0. The number of aromatic nitrogens is 1. The number of hydrogen-bond donors (Lipinski definition) is 1. The average Bonchev–Trinajstić information content (AvgIpc) is 2.32. The van der Waals surface area contributed by atoms with Crippen molar-refractivity contribution in [3.63, 3.8) is 0 Å². The SMILES string of the molecule is Cl.NC1CCC(Oc2ccc(C(F)(F)F)nc2)CC1. The van der Waals surface area contributed by atoms with Gasteiger partial charge in [-0.25, -0.2) is 4.98 Å². The first kappa shape index (κ1) is 16.0. The molecule has 0 aromatic carbocycles. The molecule has 2 rings (SSSR count). The van der Waals surface area contributed by atoms with E-state index in [0.29, 0.717) is 5.75 Å². The van der Waals surface area contributed by atoms with E-state index in [0.717, 1.165) is 37.9 Å². The van der Waals surface area contributed by atoms with E-state index < -0.39 is 11.9 Å². The number of alkyl halides is 3. The maximum Gasteiger partial charge on any atom is 0.433 e. The van der Waals surface area contributed by atoms with Gasteiger partial charge in [-0.15, -0.1) is 12.4 Å². The molecule has 0 atom stereocenters. The van der Waals surface area contributed by atoms with Crippen LogP contribution in [0.25, 0.3) is 0 Å². The fourth-order valence-electron chi connectivity index (χ4n) is 2.02. The Balaban J connectivity index is 0.00000180. The van der Waals surface area contributed by atoms with Crippen LogP contribution in [0.5, 0.6) is 5.75 Å². The van der Waals surface area contributed by atoms with E-state index in [1.165, 1.54) is 6.07 Å². The van der Waals surface area contributed by atoms with Crippen molar-refractivity contribution >= 4 is 12.4 Å². The van der Waals surface area contributed by atoms with Crippen LogP contribution >= 0.6 is 12.4 Å². The molecule has 7 heteroatoms. The Kier molecular flexibility index (Phi) is 5.43. The van der Waals surface area contributed by atoms with Crippen molar-refractivity contribution in [2.75, 3.05) is 0 Å². The van der Waals surface area contributed by atoms with Crippen molar-refractivity contribution in [3.8, 4) is 5.75 Å². The lowest BCUT2D eigenvalue weighted by Crippen LogP contribution is -2.31. The van der Waals surface area contributed by atoms with Gasteiger partial charge in [-0.05, 0) is 37.8 Å². The van der Waals surface area contributed by atoms with E-state index in [-0.39, 0.29) is 24.6 Å². The molecule has 0 saturated heterocycles. The van der Waals surface area contributed by atoms with Crippen LogP contribution in [0.2, 0.25) is 0 Å². The second-order valence-corrected chi connectivity index (χ2v) is 4.53. The fourth-order valence-corrected chi connectivity index (χ4v) is 2.02. The minimum Gasteiger partial charge on any atom is -0.489 e. The zero-order valence-electron chi connectivity index (χ0n) is 10.2. The summed E-state index contributed by atoms with van der Waals surface area (Å²) in [6.07, 6.45) is 0.193. The summed E-state index contributed by atoms with van der Waals surface area (Å²) in [7, 11) is 0. The minimum atomic E-state index is -4.41. The smallest absolute Gasteiger partial charge is 0.433 e. The molecule has 1 aliphatic carbocycles. The molecule has 0 radical (unpaired) electrons. The van der Waals surface area contributed by atoms with E-state index >= 15 is 0 Å². The standard InChI is InChI=1S/C12H15F3N2O.ClH/c13-12(14,15)11-6-5-10(7-17-11)18-9-3-1-8(16)2-4-9;/h5-9H,1-4,16H2;1H. The van der Waals surface area contributed by atoms with Crippen molar-refractivity contribution in [3.05, 3.63) is 24.0 Å². The van der Waals surface area contributed by atoms with Crippen LogP contribution in [0.1, 0.15) is 31.4 Å². The van der Waals surface area contributed by atoms with Gasteiger partial charge in [0.1, 0.15) is 11.4 Å². The molecule has 0 unspecified atom stereocenters. The van der Waals surface area contributed by atoms with Gasteiger partial charge in [0.25, 0.3) is 0 Å². The normalized spacial score (nSPS) is 23.6. The Labute approximate surface area is 115 Å². The number of nitrogens with two attached hydrogens (primary N) is 1. The third-order valence-corrected chi connectivity index (χ3v) is 3.05. The summed E-state index contributed by atoms with van der Waals surface area (Å²) in [6.45, 7) is 0. The second-order valence-electron chi connectivity index (χ2n) is 4.53. The molecule has 1 aromatic heterocycles. The summed E-state index contributed by atoms with van der Waals surface area (Å²) in [5.74, 6) is 0.378. The monoisotopic (exact) mass is 296 g/mol. The third kappa shape index (κ3) is 4.54. The van der Waals surface area contributed by atoms with Gasteiger partial charge in [-0.1, -0.05) is 0 Å². The van der Waals surface area contributed by atoms with Gasteiger partial charge in [0.2, 0.25) is 0 Å². The van der Waals surface area contributed by atoms with Crippen LogP contribution in [0, 0.1) is 0 Å². The lowest BCUT2D eigenvalue weighted by atomic mass is 9.94. The van der Waals surface area contributed by atoms with E-state index in [9.17, 15) is 13.2 Å². The Hall–Kier alpha value is -1.01. The maximum absolute atomic E-state index is 12.3. The minimum absolute atomic E-state index is 0. The number of halogens is 4. The van der Waals surface area contributed by atoms with Crippen molar-refractivity contribution in [2.24, 2.45) is 5.73 Å². The Morgan fingerprint density at radius 2 is 1.79 bits per heavy atom. The first-order valence-electron chi connectivity index (χ1n) is 5.90. The molecule has 2 N–H and O–H groups in total. The topological polar surface area (TPSA) is 48.1 Å². The van der Waals surface area contributed by atoms with Gasteiger partial charge < -0.3 is 10.5 Å². The van der Waals surface area contributed by atoms with Crippen molar-refractivity contribution < 1.29 is 17.9 Å². The molecule has 1 fully saturated rings. The summed E-state index contributed by atoms with van der Waals surface area (Å²) in [5.41, 5.74) is 4.86. The van der Waals surface area contributed by atoms with E-state index in [2.05, 4.69) is 4.98 Å². The predicted molar refractivity (Wildman–Crippen MR) is 67.3 cm³/mol. The van der Waals surface area contributed by atoms with E-state index in [1.54, 1.807) is 0 Å². The first-order valence-corrected chi connectivity index (χ1v) is 5.90. The van der Waals surface area contributed by atoms with Gasteiger partial charge in [-0.2, -0.15) is 13.2 Å². The number of nitrogens with zero attached hydrogens (tertiary/aromatic N) is 1. The van der Waals surface area contributed by atoms with Gasteiger partial charge in [0, 0.05) is 6.04 Å². The van der Waals surface area contributed by atoms with Gasteiger partial charge in [-0.3, -0.25) is 0 Å². The molecule has 0 spiro atoms. The van der Waals surface area contributed by atoms with Crippen LogP contribution in [0.3, 0.4) is 0 Å². The van der Waals surface area contributed by atoms with E-state index in [4.69, 9.17) is 10.5 Å². The summed E-state index contributed by atoms with van der Waals surface area (Å²) in [5, 5.41) is 0. The highest BCUT2D eigenvalue weighted by molar-refractivity contribution is 5.85. The molecule has 1 aliphatic rings. The average molecular weight is 297 g/mol. The molecular weight excluding hydrogens is 281 g/mol.